The van der Waals surface area contributed by atoms with E-state index in [1.165, 1.54) is 12.1 Å². The second-order valence-electron chi connectivity index (χ2n) is 9.66. The first-order valence-electron chi connectivity index (χ1n) is 12.6. The van der Waals surface area contributed by atoms with E-state index in [4.69, 9.17) is 0 Å². The summed E-state index contributed by atoms with van der Waals surface area (Å²) in [6.07, 6.45) is 2.87. The highest BCUT2D eigenvalue weighted by molar-refractivity contribution is 5.85. The average molecular weight is 483 g/mol. The summed E-state index contributed by atoms with van der Waals surface area (Å²) in [6, 6.07) is 10.3. The number of aromatic nitrogens is 1. The number of anilines is 1. The molecule has 0 radical (unpaired) electrons. The van der Waals surface area contributed by atoms with Crippen LogP contribution < -0.4 is 5.32 Å². The molecule has 35 heavy (non-hydrogen) atoms. The Morgan fingerprint density at radius 3 is 2.69 bits per heavy atom. The number of para-hydroxylation sites is 1. The van der Waals surface area contributed by atoms with Gasteiger partial charge in [-0.25, -0.2) is 8.78 Å². The van der Waals surface area contributed by atoms with Gasteiger partial charge in [-0.2, -0.15) is 0 Å². The highest BCUT2D eigenvalue weighted by atomic mass is 19.1. The van der Waals surface area contributed by atoms with Gasteiger partial charge in [-0.1, -0.05) is 31.7 Å². The molecule has 7 heteroatoms. The van der Waals surface area contributed by atoms with Crippen LogP contribution in [0.5, 0.6) is 0 Å². The van der Waals surface area contributed by atoms with Crippen molar-refractivity contribution in [3.05, 3.63) is 77.1 Å². The molecule has 3 heterocycles. The van der Waals surface area contributed by atoms with Crippen LogP contribution in [0.2, 0.25) is 0 Å². The summed E-state index contributed by atoms with van der Waals surface area (Å²) in [5.74, 6) is -1.13. The van der Waals surface area contributed by atoms with Gasteiger partial charge in [0.25, 0.3) is 0 Å². The summed E-state index contributed by atoms with van der Waals surface area (Å²) in [5, 5.41) is 4.39. The highest BCUT2D eigenvalue weighted by Gasteiger charge is 2.36. The van der Waals surface area contributed by atoms with Crippen LogP contribution in [-0.4, -0.2) is 53.7 Å². The first kappa shape index (κ1) is 23.8. The molecule has 1 fully saturated rings. The molecule has 4 nitrogen and oxygen atoms in total. The molecule has 0 saturated carbocycles. The van der Waals surface area contributed by atoms with E-state index in [1.807, 2.05) is 30.0 Å². The Balaban J connectivity index is 1.48. The maximum absolute atomic E-state index is 15.7. The van der Waals surface area contributed by atoms with Crippen LogP contribution in [0, 0.1) is 11.6 Å². The molecular formula is C28H33F3N4. The third kappa shape index (κ3) is 4.54. The molecule has 2 atom stereocenters. The molecule has 2 aromatic carbocycles. The lowest BCUT2D eigenvalue weighted by Crippen LogP contribution is -2.36. The van der Waals surface area contributed by atoms with Gasteiger partial charge in [0.1, 0.15) is 17.7 Å². The highest BCUT2D eigenvalue weighted by Crippen LogP contribution is 2.42. The van der Waals surface area contributed by atoms with Gasteiger partial charge in [0.15, 0.2) is 0 Å². The number of hydrogen-bond acceptors (Lipinski definition) is 3. The summed E-state index contributed by atoms with van der Waals surface area (Å²) in [4.78, 5) is 7.68. The second kappa shape index (κ2) is 9.97. The Kier molecular flexibility index (Phi) is 6.78. The van der Waals surface area contributed by atoms with Gasteiger partial charge in [-0.05, 0) is 49.4 Å². The van der Waals surface area contributed by atoms with E-state index in [0.717, 1.165) is 53.8 Å². The van der Waals surface area contributed by atoms with E-state index in [0.29, 0.717) is 31.6 Å². The monoisotopic (exact) mass is 482 g/mol. The van der Waals surface area contributed by atoms with E-state index in [1.54, 1.807) is 0 Å². The number of nitrogens with one attached hydrogen (secondary N) is 2. The molecule has 0 aliphatic carbocycles. The van der Waals surface area contributed by atoms with Gasteiger partial charge in [0.05, 0.1) is 12.2 Å². The van der Waals surface area contributed by atoms with Gasteiger partial charge in [-0.3, -0.25) is 4.39 Å². The van der Waals surface area contributed by atoms with Crippen LogP contribution in [0.1, 0.15) is 49.0 Å². The van der Waals surface area contributed by atoms with Crippen molar-refractivity contribution in [3.8, 4) is 0 Å². The van der Waals surface area contributed by atoms with Crippen LogP contribution in [-0.2, 0) is 6.42 Å². The minimum absolute atomic E-state index is 0.0497. The number of aromatic amines is 1. The number of allylic oxidation sites excluding steroid dienone is 1. The third-order valence-electron chi connectivity index (χ3n) is 7.45. The zero-order valence-electron chi connectivity index (χ0n) is 20.2. The summed E-state index contributed by atoms with van der Waals surface area (Å²) >= 11 is 0. The van der Waals surface area contributed by atoms with Gasteiger partial charge in [0, 0.05) is 60.2 Å². The molecule has 0 spiro atoms. The van der Waals surface area contributed by atoms with Crippen molar-refractivity contribution in [1.29, 1.82) is 0 Å². The maximum atomic E-state index is 15.7. The fraction of sp³-hybridized carbons (Fsp3) is 0.429. The van der Waals surface area contributed by atoms with Crippen molar-refractivity contribution in [2.24, 2.45) is 0 Å². The van der Waals surface area contributed by atoms with Crippen molar-refractivity contribution in [2.45, 2.75) is 44.7 Å². The van der Waals surface area contributed by atoms with E-state index in [9.17, 15) is 4.39 Å². The standard InChI is InChI=1S/C28H33F3N4/c1-3-18(2)35-14-10-22-21-7-4-5-8-25(21)33-27(22)28(35)26-23(30)15-20(16-24(26)31)32-19-9-13-34(17-19)12-6-11-29/h4-5,7-8,15-16,19,28,32-33H,2-3,6,9-14,17H2,1H3/t19-,28+/m0/s1. The van der Waals surface area contributed by atoms with Gasteiger partial charge < -0.3 is 20.1 Å². The Morgan fingerprint density at radius 2 is 1.94 bits per heavy atom. The zero-order valence-corrected chi connectivity index (χ0v) is 20.2. The van der Waals surface area contributed by atoms with Crippen LogP contribution in [0.25, 0.3) is 10.9 Å². The number of benzene rings is 2. The zero-order chi connectivity index (χ0) is 24.5. The number of likely N-dealkylation sites (tertiary alicyclic amines) is 1. The van der Waals surface area contributed by atoms with Crippen LogP contribution in [0.4, 0.5) is 18.9 Å². The first-order valence-corrected chi connectivity index (χ1v) is 12.6. The Morgan fingerprint density at radius 1 is 1.17 bits per heavy atom. The Bertz CT molecular complexity index is 1200. The molecular weight excluding hydrogens is 449 g/mol. The molecule has 2 N–H and O–H groups in total. The number of fused-ring (bicyclic) bond motifs is 3. The molecule has 1 saturated heterocycles. The average Bonchev–Trinajstić information content (AvgIpc) is 3.46. The Labute approximate surface area is 204 Å². The van der Waals surface area contributed by atoms with Gasteiger partial charge >= 0.3 is 0 Å². The fourth-order valence-electron chi connectivity index (χ4n) is 5.69. The van der Waals surface area contributed by atoms with E-state index >= 15 is 8.78 Å². The molecule has 1 aromatic heterocycles. The Hall–Kier alpha value is -2.93. The molecule has 0 amide bonds. The number of rotatable bonds is 8. The van der Waals surface area contributed by atoms with E-state index in [-0.39, 0.29) is 18.3 Å². The van der Waals surface area contributed by atoms with Crippen molar-refractivity contribution >= 4 is 16.6 Å². The van der Waals surface area contributed by atoms with Gasteiger partial charge in [0.2, 0.25) is 0 Å². The topological polar surface area (TPSA) is 34.3 Å². The number of alkyl halides is 1. The SMILES string of the molecule is C=C(CC)N1CCc2c([nH]c3ccccc23)[C@H]1c1c(F)cc(N[C@H]2CCN(CCCF)C2)cc1F. The molecule has 3 aromatic rings. The molecule has 0 unspecified atom stereocenters. The lowest BCUT2D eigenvalue weighted by molar-refractivity contribution is 0.254. The predicted molar refractivity (Wildman–Crippen MR) is 135 cm³/mol. The number of nitrogens with zero attached hydrogens (tertiary/aromatic N) is 2. The number of hydrogen-bond donors (Lipinski definition) is 2. The van der Waals surface area contributed by atoms with E-state index < -0.39 is 17.7 Å². The lowest BCUT2D eigenvalue weighted by atomic mass is 9.90. The molecule has 2 aliphatic heterocycles. The molecule has 2 aliphatic rings. The minimum atomic E-state index is -0.602. The fourth-order valence-corrected chi connectivity index (χ4v) is 5.69. The van der Waals surface area contributed by atoms with Crippen molar-refractivity contribution in [1.82, 2.24) is 14.8 Å². The third-order valence-corrected chi connectivity index (χ3v) is 7.45. The second-order valence-corrected chi connectivity index (χ2v) is 9.66. The first-order chi connectivity index (χ1) is 17.0. The molecule has 5 rings (SSSR count). The summed E-state index contributed by atoms with van der Waals surface area (Å²) < 4.78 is 43.9. The molecule has 0 bridgehead atoms. The lowest BCUT2D eigenvalue weighted by Gasteiger charge is -2.39. The predicted octanol–water partition coefficient (Wildman–Crippen LogP) is 6.16. The van der Waals surface area contributed by atoms with Crippen LogP contribution >= 0.6 is 0 Å². The van der Waals surface area contributed by atoms with Crippen molar-refractivity contribution < 1.29 is 13.2 Å². The minimum Gasteiger partial charge on any atom is -0.381 e. The normalized spacial score (nSPS) is 20.4. The van der Waals surface area contributed by atoms with Crippen LogP contribution in [0.3, 0.4) is 0 Å². The largest absolute Gasteiger partial charge is 0.381 e. The summed E-state index contributed by atoms with van der Waals surface area (Å²) in [6.45, 7) is 8.86. The summed E-state index contributed by atoms with van der Waals surface area (Å²) in [7, 11) is 0. The summed E-state index contributed by atoms with van der Waals surface area (Å²) in [5.41, 5.74) is 4.28. The number of halogens is 3. The van der Waals surface area contributed by atoms with Gasteiger partial charge in [-0.15, -0.1) is 0 Å². The van der Waals surface area contributed by atoms with E-state index in [2.05, 4.69) is 27.8 Å². The number of H-pyrrole nitrogens is 1. The van der Waals surface area contributed by atoms with Crippen molar-refractivity contribution in [3.63, 3.8) is 0 Å². The van der Waals surface area contributed by atoms with Crippen LogP contribution in [0.15, 0.2) is 48.7 Å². The maximum Gasteiger partial charge on any atom is 0.133 e. The van der Waals surface area contributed by atoms with Crippen molar-refractivity contribution in [2.75, 3.05) is 38.2 Å². The quantitative estimate of drug-likeness (QED) is 0.403. The smallest absolute Gasteiger partial charge is 0.133 e. The molecule has 186 valence electrons.